The summed E-state index contributed by atoms with van der Waals surface area (Å²) in [5.41, 5.74) is 3.11. The first-order valence-corrected chi connectivity index (χ1v) is 9.64. The van der Waals surface area contributed by atoms with Gasteiger partial charge in [0, 0.05) is 22.8 Å². The first-order chi connectivity index (χ1) is 12.7. The van der Waals surface area contributed by atoms with Crippen LogP contribution in [0.3, 0.4) is 0 Å². The third-order valence-corrected chi connectivity index (χ3v) is 5.92. The highest BCUT2D eigenvalue weighted by Gasteiger charge is 2.14. The second-order valence-corrected chi connectivity index (χ2v) is 7.63. The van der Waals surface area contributed by atoms with Crippen LogP contribution in [0.2, 0.25) is 0 Å². The fourth-order valence-electron chi connectivity index (χ4n) is 2.45. The van der Waals surface area contributed by atoms with E-state index in [9.17, 15) is 4.79 Å². The Morgan fingerprint density at radius 2 is 2.23 bits per heavy atom. The summed E-state index contributed by atoms with van der Waals surface area (Å²) in [7, 11) is 0. The van der Waals surface area contributed by atoms with E-state index in [-0.39, 0.29) is 5.91 Å². The van der Waals surface area contributed by atoms with Gasteiger partial charge in [-0.05, 0) is 36.6 Å². The molecule has 0 atom stereocenters. The van der Waals surface area contributed by atoms with Gasteiger partial charge in [0.2, 0.25) is 0 Å². The first-order valence-electron chi connectivity index (χ1n) is 7.95. The highest BCUT2D eigenvalue weighted by molar-refractivity contribution is 7.15. The van der Waals surface area contributed by atoms with E-state index in [4.69, 9.17) is 0 Å². The zero-order chi connectivity index (χ0) is 17.9. The molecule has 4 aromatic rings. The number of aromatic amines is 1. The number of nitrogens with zero attached hydrogens (tertiary/aromatic N) is 3. The molecule has 0 fully saturated rings. The van der Waals surface area contributed by atoms with E-state index in [2.05, 4.69) is 25.5 Å². The van der Waals surface area contributed by atoms with Crippen molar-refractivity contribution < 1.29 is 4.79 Å². The number of carbonyl (C=O) groups excluding carboxylic acids is 1. The molecule has 0 bridgehead atoms. The van der Waals surface area contributed by atoms with Crippen LogP contribution in [0.25, 0.3) is 21.1 Å². The zero-order valence-electron chi connectivity index (χ0n) is 13.9. The molecule has 1 amide bonds. The summed E-state index contributed by atoms with van der Waals surface area (Å²) >= 11 is 3.16. The number of hydrogen-bond donors (Lipinski definition) is 2. The fraction of sp³-hybridized carbons (Fsp3) is 0.111. The molecule has 26 heavy (non-hydrogen) atoms. The van der Waals surface area contributed by atoms with E-state index >= 15 is 0 Å². The number of rotatable bonds is 5. The van der Waals surface area contributed by atoms with Crippen LogP contribution in [-0.4, -0.2) is 26.1 Å². The highest BCUT2D eigenvalue weighted by atomic mass is 32.1. The number of thiophene rings is 1. The Morgan fingerprint density at radius 1 is 1.31 bits per heavy atom. The van der Waals surface area contributed by atoms with E-state index in [1.807, 2.05) is 36.6 Å². The van der Waals surface area contributed by atoms with Crippen molar-refractivity contribution in [3.63, 3.8) is 0 Å². The van der Waals surface area contributed by atoms with Crippen molar-refractivity contribution in [3.8, 4) is 21.1 Å². The fourth-order valence-corrected chi connectivity index (χ4v) is 4.14. The van der Waals surface area contributed by atoms with Gasteiger partial charge in [0.15, 0.2) is 5.69 Å². The number of H-pyrrole nitrogens is 1. The van der Waals surface area contributed by atoms with Gasteiger partial charge in [-0.3, -0.25) is 14.9 Å². The average molecular weight is 381 g/mol. The molecule has 2 N–H and O–H groups in total. The predicted molar refractivity (Wildman–Crippen MR) is 103 cm³/mol. The van der Waals surface area contributed by atoms with Crippen LogP contribution in [0.15, 0.2) is 48.1 Å². The van der Waals surface area contributed by atoms with E-state index in [1.54, 1.807) is 41.1 Å². The molecule has 8 heteroatoms. The second-order valence-electron chi connectivity index (χ2n) is 5.60. The van der Waals surface area contributed by atoms with E-state index in [0.29, 0.717) is 12.2 Å². The maximum Gasteiger partial charge on any atom is 0.272 e. The van der Waals surface area contributed by atoms with Gasteiger partial charge >= 0.3 is 0 Å². The van der Waals surface area contributed by atoms with Crippen LogP contribution in [0, 0.1) is 6.92 Å². The van der Waals surface area contributed by atoms with Gasteiger partial charge in [-0.25, -0.2) is 4.98 Å². The standard InChI is InChI=1S/C18H15N5OS2/c1-11-16(26-18(21-11)12-4-2-6-19-9-12)10-20-17(24)14-8-13(22-23-14)15-5-3-7-25-15/h2-9H,10H2,1H3,(H,20,24)(H,22,23). The number of aromatic nitrogens is 4. The molecule has 0 radical (unpaired) electrons. The molecule has 6 nitrogen and oxygen atoms in total. The second kappa shape index (κ2) is 7.19. The Bertz CT molecular complexity index is 1020. The summed E-state index contributed by atoms with van der Waals surface area (Å²) in [6.07, 6.45) is 3.52. The SMILES string of the molecule is Cc1nc(-c2cccnc2)sc1CNC(=O)c1cc(-c2cccs2)[nH]n1. The lowest BCUT2D eigenvalue weighted by Gasteiger charge is -2.01. The minimum Gasteiger partial charge on any atom is -0.346 e. The number of thiazole rings is 1. The minimum absolute atomic E-state index is 0.209. The van der Waals surface area contributed by atoms with E-state index in [0.717, 1.165) is 31.7 Å². The van der Waals surface area contributed by atoms with Gasteiger partial charge in [-0.2, -0.15) is 5.10 Å². The molecule has 0 unspecified atom stereocenters. The third-order valence-electron chi connectivity index (χ3n) is 3.81. The number of aryl methyl sites for hydroxylation is 1. The summed E-state index contributed by atoms with van der Waals surface area (Å²) in [6.45, 7) is 2.37. The van der Waals surface area contributed by atoms with Crippen molar-refractivity contribution >= 4 is 28.6 Å². The molecule has 0 aliphatic rings. The van der Waals surface area contributed by atoms with Crippen LogP contribution in [0.5, 0.6) is 0 Å². The van der Waals surface area contributed by atoms with Crippen molar-refractivity contribution in [3.05, 3.63) is 64.4 Å². The van der Waals surface area contributed by atoms with Crippen LogP contribution in [0.4, 0.5) is 0 Å². The normalized spacial score (nSPS) is 10.8. The van der Waals surface area contributed by atoms with Gasteiger partial charge in [0.1, 0.15) is 5.01 Å². The summed E-state index contributed by atoms with van der Waals surface area (Å²) in [6, 6.07) is 9.58. The van der Waals surface area contributed by atoms with Crippen molar-refractivity contribution in [1.29, 1.82) is 0 Å². The maximum atomic E-state index is 12.4. The highest BCUT2D eigenvalue weighted by Crippen LogP contribution is 2.27. The topological polar surface area (TPSA) is 83.6 Å². The zero-order valence-corrected chi connectivity index (χ0v) is 15.5. The molecule has 0 saturated carbocycles. The molecule has 4 rings (SSSR count). The van der Waals surface area contributed by atoms with E-state index in [1.165, 1.54) is 0 Å². The van der Waals surface area contributed by atoms with Gasteiger partial charge in [-0.15, -0.1) is 22.7 Å². The lowest BCUT2D eigenvalue weighted by Crippen LogP contribution is -2.23. The van der Waals surface area contributed by atoms with Crippen molar-refractivity contribution in [2.24, 2.45) is 0 Å². The molecule has 0 spiro atoms. The molecule has 4 aromatic heterocycles. The van der Waals surface area contributed by atoms with Gasteiger partial charge in [-0.1, -0.05) is 6.07 Å². The molecule has 0 saturated heterocycles. The molecular formula is C18H15N5OS2. The van der Waals surface area contributed by atoms with Gasteiger partial charge < -0.3 is 5.32 Å². The molecule has 130 valence electrons. The summed E-state index contributed by atoms with van der Waals surface area (Å²) in [5.74, 6) is -0.209. The number of pyridine rings is 1. The minimum atomic E-state index is -0.209. The Morgan fingerprint density at radius 3 is 3.00 bits per heavy atom. The van der Waals surface area contributed by atoms with Crippen LogP contribution < -0.4 is 5.32 Å². The molecule has 0 aliphatic carbocycles. The maximum absolute atomic E-state index is 12.4. The smallest absolute Gasteiger partial charge is 0.272 e. The summed E-state index contributed by atoms with van der Waals surface area (Å²) in [5, 5.41) is 12.8. The predicted octanol–water partition coefficient (Wildman–Crippen LogP) is 3.90. The summed E-state index contributed by atoms with van der Waals surface area (Å²) in [4.78, 5) is 23.1. The van der Waals surface area contributed by atoms with Crippen LogP contribution >= 0.6 is 22.7 Å². The summed E-state index contributed by atoms with van der Waals surface area (Å²) < 4.78 is 0. The molecule has 0 aliphatic heterocycles. The lowest BCUT2D eigenvalue weighted by molar-refractivity contribution is 0.0946. The Kier molecular flexibility index (Phi) is 4.59. The molecule has 0 aromatic carbocycles. The van der Waals surface area contributed by atoms with Crippen molar-refractivity contribution in [2.75, 3.05) is 0 Å². The van der Waals surface area contributed by atoms with Crippen molar-refractivity contribution in [1.82, 2.24) is 25.5 Å². The Labute approximate surface area is 158 Å². The van der Waals surface area contributed by atoms with E-state index < -0.39 is 0 Å². The average Bonchev–Trinajstić information content (AvgIpc) is 3.41. The van der Waals surface area contributed by atoms with Crippen LogP contribution in [-0.2, 0) is 6.54 Å². The van der Waals surface area contributed by atoms with Gasteiger partial charge in [0.25, 0.3) is 5.91 Å². The van der Waals surface area contributed by atoms with Crippen molar-refractivity contribution in [2.45, 2.75) is 13.5 Å². The number of amides is 1. The monoisotopic (exact) mass is 381 g/mol. The number of hydrogen-bond acceptors (Lipinski definition) is 6. The number of carbonyl (C=O) groups is 1. The first kappa shape index (κ1) is 16.6. The number of nitrogens with one attached hydrogen (secondary N) is 2. The Hall–Kier alpha value is -2.84. The van der Waals surface area contributed by atoms with Gasteiger partial charge in [0.05, 0.1) is 22.8 Å². The largest absolute Gasteiger partial charge is 0.346 e. The quantitative estimate of drug-likeness (QED) is 0.549. The molecule has 4 heterocycles. The molecular weight excluding hydrogens is 366 g/mol. The lowest BCUT2D eigenvalue weighted by atomic mass is 10.3. The van der Waals surface area contributed by atoms with Crippen LogP contribution in [0.1, 0.15) is 21.1 Å². The Balaban J connectivity index is 1.44. The third kappa shape index (κ3) is 3.42.